The average Bonchev–Trinajstić information content (AvgIpc) is 3.38. The molecule has 2 aromatic heterocycles. The summed E-state index contributed by atoms with van der Waals surface area (Å²) in [7, 11) is -3.55. The molecule has 2 fully saturated rings. The number of morpholine rings is 1. The summed E-state index contributed by atoms with van der Waals surface area (Å²) < 4.78 is 32.9. The molecule has 11 heteroatoms. The van der Waals surface area contributed by atoms with Crippen molar-refractivity contribution in [3.63, 3.8) is 0 Å². The van der Waals surface area contributed by atoms with Crippen molar-refractivity contribution in [1.29, 1.82) is 0 Å². The van der Waals surface area contributed by atoms with Crippen LogP contribution in [0.3, 0.4) is 0 Å². The number of thiazole rings is 1. The molecule has 1 amide bonds. The Bertz CT molecular complexity index is 982. The van der Waals surface area contributed by atoms with Crippen molar-refractivity contribution in [2.75, 3.05) is 44.7 Å². The number of hydrogen-bond acceptors (Lipinski definition) is 8. The van der Waals surface area contributed by atoms with Crippen LogP contribution in [0, 0.1) is 12.8 Å². The molecular weight excluding hydrogens is 444 g/mol. The minimum absolute atomic E-state index is 0.162. The van der Waals surface area contributed by atoms with E-state index in [9.17, 15) is 13.2 Å². The number of aromatic nitrogens is 1. The van der Waals surface area contributed by atoms with E-state index in [4.69, 9.17) is 4.74 Å². The number of thiophene rings is 1. The van der Waals surface area contributed by atoms with Crippen LogP contribution in [-0.4, -0.2) is 67.9 Å². The molecule has 4 heterocycles. The Morgan fingerprint density at radius 1 is 1.30 bits per heavy atom. The van der Waals surface area contributed by atoms with Gasteiger partial charge in [-0.1, -0.05) is 0 Å². The van der Waals surface area contributed by atoms with Gasteiger partial charge in [0.1, 0.15) is 4.21 Å². The number of nitrogens with zero attached hydrogens (tertiary/aromatic N) is 3. The first-order chi connectivity index (χ1) is 14.4. The summed E-state index contributed by atoms with van der Waals surface area (Å²) in [6, 6.07) is 3.45. The number of nitrogens with one attached hydrogen (secondary N) is 1. The molecule has 0 aliphatic carbocycles. The largest absolute Gasteiger partial charge is 0.379 e. The molecule has 1 atom stereocenters. The molecule has 4 rings (SSSR count). The Labute approximate surface area is 184 Å². The van der Waals surface area contributed by atoms with Crippen LogP contribution < -0.4 is 5.32 Å². The van der Waals surface area contributed by atoms with Crippen molar-refractivity contribution in [3.05, 3.63) is 28.1 Å². The monoisotopic (exact) mass is 470 g/mol. The fourth-order valence-corrected chi connectivity index (χ4v) is 7.35. The van der Waals surface area contributed by atoms with Crippen LogP contribution in [0.4, 0.5) is 5.13 Å². The number of ether oxygens (including phenoxy) is 1. The van der Waals surface area contributed by atoms with Gasteiger partial charge in [0.25, 0.3) is 10.0 Å². The minimum Gasteiger partial charge on any atom is -0.379 e. The molecule has 0 unspecified atom stereocenters. The third-order valence-electron chi connectivity index (χ3n) is 5.34. The van der Waals surface area contributed by atoms with E-state index in [1.165, 1.54) is 27.0 Å². The van der Waals surface area contributed by atoms with E-state index in [1.807, 2.05) is 18.4 Å². The zero-order chi connectivity index (χ0) is 21.1. The Kier molecular flexibility index (Phi) is 6.85. The topological polar surface area (TPSA) is 91.8 Å². The van der Waals surface area contributed by atoms with Gasteiger partial charge in [0.05, 0.1) is 24.8 Å². The smallest absolute Gasteiger partial charge is 0.252 e. The molecule has 0 spiro atoms. The Morgan fingerprint density at radius 2 is 2.10 bits per heavy atom. The highest BCUT2D eigenvalue weighted by molar-refractivity contribution is 7.91. The molecule has 2 aliphatic rings. The number of rotatable bonds is 6. The van der Waals surface area contributed by atoms with Crippen molar-refractivity contribution in [1.82, 2.24) is 14.2 Å². The van der Waals surface area contributed by atoms with Gasteiger partial charge < -0.3 is 10.1 Å². The first kappa shape index (κ1) is 21.8. The number of anilines is 1. The Morgan fingerprint density at radius 3 is 2.83 bits per heavy atom. The summed E-state index contributed by atoms with van der Waals surface area (Å²) in [5.74, 6) is -0.536. The van der Waals surface area contributed by atoms with Crippen LogP contribution in [0.5, 0.6) is 0 Å². The van der Waals surface area contributed by atoms with Gasteiger partial charge in [-0.25, -0.2) is 13.4 Å². The summed E-state index contributed by atoms with van der Waals surface area (Å²) in [4.78, 5) is 20.6. The number of sulfonamides is 1. The van der Waals surface area contributed by atoms with Gasteiger partial charge in [0, 0.05) is 43.0 Å². The third kappa shape index (κ3) is 5.09. The van der Waals surface area contributed by atoms with Gasteiger partial charge in [0.15, 0.2) is 5.13 Å². The van der Waals surface area contributed by atoms with Crippen LogP contribution in [-0.2, 0) is 26.1 Å². The second-order valence-electron chi connectivity index (χ2n) is 7.59. The lowest BCUT2D eigenvalue weighted by Crippen LogP contribution is -2.43. The van der Waals surface area contributed by atoms with E-state index >= 15 is 0 Å². The molecule has 1 N–H and O–H groups in total. The highest BCUT2D eigenvalue weighted by atomic mass is 32.2. The van der Waals surface area contributed by atoms with E-state index in [1.54, 1.807) is 6.07 Å². The number of hydrogen-bond donors (Lipinski definition) is 1. The Hall–Kier alpha value is -1.37. The van der Waals surface area contributed by atoms with Crippen molar-refractivity contribution >= 4 is 43.7 Å². The van der Waals surface area contributed by atoms with Gasteiger partial charge in [-0.05, 0) is 31.9 Å². The van der Waals surface area contributed by atoms with Crippen LogP contribution in [0.15, 0.2) is 21.7 Å². The van der Waals surface area contributed by atoms with E-state index in [0.717, 1.165) is 43.4 Å². The molecule has 164 valence electrons. The summed E-state index contributed by atoms with van der Waals surface area (Å²) in [6.07, 6.45) is 1.34. The summed E-state index contributed by atoms with van der Waals surface area (Å²) in [5, 5.41) is 5.42. The molecule has 0 bridgehead atoms. The predicted molar refractivity (Wildman–Crippen MR) is 117 cm³/mol. The summed E-state index contributed by atoms with van der Waals surface area (Å²) >= 11 is 2.67. The highest BCUT2D eigenvalue weighted by Crippen LogP contribution is 2.29. The van der Waals surface area contributed by atoms with Crippen LogP contribution in [0.1, 0.15) is 23.4 Å². The van der Waals surface area contributed by atoms with Crippen LogP contribution in [0.2, 0.25) is 0 Å². The molecule has 0 saturated carbocycles. The van der Waals surface area contributed by atoms with Gasteiger partial charge >= 0.3 is 0 Å². The lowest BCUT2D eigenvalue weighted by Gasteiger charge is -2.30. The molecule has 30 heavy (non-hydrogen) atoms. The molecule has 0 radical (unpaired) electrons. The third-order valence-corrected chi connectivity index (χ3v) is 9.48. The van der Waals surface area contributed by atoms with E-state index in [-0.39, 0.29) is 18.4 Å². The van der Waals surface area contributed by atoms with Crippen LogP contribution in [0.25, 0.3) is 0 Å². The van der Waals surface area contributed by atoms with E-state index < -0.39 is 10.0 Å². The molecular formula is C19H26N4O4S3. The average molecular weight is 471 g/mol. The maximum atomic E-state index is 12.9. The van der Waals surface area contributed by atoms with Crippen LogP contribution >= 0.6 is 22.7 Å². The lowest BCUT2D eigenvalue weighted by molar-refractivity contribution is -0.120. The standard InChI is InChI=1S/C19H26N4O4S3/c1-14-4-5-17(29-14)30(25,26)23-6-2-3-15(11-23)18(24)21-19-20-16(13-28-19)12-22-7-9-27-10-8-22/h4-5,13,15H,2-3,6-12H2,1H3,(H,20,21,24)/t15-/m1/s1. The van der Waals surface area contributed by atoms with E-state index in [2.05, 4.69) is 15.2 Å². The molecule has 2 saturated heterocycles. The SMILES string of the molecule is Cc1ccc(S(=O)(=O)N2CCC[C@@H](C(=O)Nc3nc(CN4CCOCC4)cs3)C2)s1. The van der Waals surface area contributed by atoms with Crippen molar-refractivity contribution < 1.29 is 17.9 Å². The second-order valence-corrected chi connectivity index (χ2v) is 11.9. The number of piperidine rings is 1. The van der Waals surface area contributed by atoms with Gasteiger partial charge in [-0.15, -0.1) is 22.7 Å². The molecule has 2 aliphatic heterocycles. The second kappa shape index (κ2) is 9.41. The quantitative estimate of drug-likeness (QED) is 0.697. The highest BCUT2D eigenvalue weighted by Gasteiger charge is 2.34. The minimum atomic E-state index is -3.55. The summed E-state index contributed by atoms with van der Waals surface area (Å²) in [5.41, 5.74) is 0.929. The van der Waals surface area contributed by atoms with Gasteiger partial charge in [-0.2, -0.15) is 4.31 Å². The first-order valence-electron chi connectivity index (χ1n) is 10.0. The predicted octanol–water partition coefficient (Wildman–Crippen LogP) is 2.38. The number of amides is 1. The van der Waals surface area contributed by atoms with Gasteiger partial charge in [0.2, 0.25) is 5.91 Å². The summed E-state index contributed by atoms with van der Waals surface area (Å²) in [6.45, 7) is 6.52. The lowest BCUT2D eigenvalue weighted by atomic mass is 9.99. The zero-order valence-corrected chi connectivity index (χ0v) is 19.3. The zero-order valence-electron chi connectivity index (χ0n) is 16.9. The number of aryl methyl sites for hydroxylation is 1. The fourth-order valence-electron chi connectivity index (χ4n) is 3.69. The molecule has 0 aromatic carbocycles. The maximum Gasteiger partial charge on any atom is 0.252 e. The van der Waals surface area contributed by atoms with Crippen molar-refractivity contribution in [2.45, 2.75) is 30.5 Å². The van der Waals surface area contributed by atoms with Gasteiger partial charge in [-0.3, -0.25) is 9.69 Å². The van der Waals surface area contributed by atoms with E-state index in [0.29, 0.717) is 28.7 Å². The fraction of sp³-hybridized carbons (Fsp3) is 0.579. The molecule has 8 nitrogen and oxygen atoms in total. The number of carbonyl (C=O) groups is 1. The maximum absolute atomic E-state index is 12.9. The Balaban J connectivity index is 1.35. The first-order valence-corrected chi connectivity index (χ1v) is 13.2. The van der Waals surface area contributed by atoms with Crippen molar-refractivity contribution in [2.24, 2.45) is 5.92 Å². The number of carbonyl (C=O) groups excluding carboxylic acids is 1. The molecule has 2 aromatic rings. The van der Waals surface area contributed by atoms with Crippen molar-refractivity contribution in [3.8, 4) is 0 Å². The normalized spacial score (nSPS) is 21.6.